The predicted molar refractivity (Wildman–Crippen MR) is 52.5 cm³/mol. The van der Waals surface area contributed by atoms with Gasteiger partial charge in [-0.3, -0.25) is 0 Å². The van der Waals surface area contributed by atoms with Crippen LogP contribution in [0.25, 0.3) is 0 Å². The number of aliphatic hydroxyl groups excluding tert-OH is 1. The van der Waals surface area contributed by atoms with Crippen molar-refractivity contribution in [2.75, 3.05) is 0 Å². The van der Waals surface area contributed by atoms with E-state index in [9.17, 15) is 8.78 Å². The summed E-state index contributed by atoms with van der Waals surface area (Å²) in [4.78, 5) is 3.63. The van der Waals surface area contributed by atoms with Gasteiger partial charge in [-0.2, -0.15) is 5.26 Å². The van der Waals surface area contributed by atoms with Gasteiger partial charge in [0.05, 0.1) is 17.9 Å². The summed E-state index contributed by atoms with van der Waals surface area (Å²) in [5, 5.41) is 17.4. The molecule has 0 saturated carbocycles. The van der Waals surface area contributed by atoms with Gasteiger partial charge in [-0.1, -0.05) is 0 Å². The number of alkyl halides is 2. The van der Waals surface area contributed by atoms with Gasteiger partial charge in [-0.15, -0.1) is 0 Å². The molecule has 1 heterocycles. The molecule has 14 heavy (non-hydrogen) atoms. The van der Waals surface area contributed by atoms with Gasteiger partial charge in [0.1, 0.15) is 11.8 Å². The van der Waals surface area contributed by atoms with Crippen molar-refractivity contribution in [1.29, 1.82) is 5.26 Å². The van der Waals surface area contributed by atoms with Crippen LogP contribution in [-0.4, -0.2) is 10.1 Å². The summed E-state index contributed by atoms with van der Waals surface area (Å²) in [7, 11) is 0. The molecule has 1 aromatic rings. The molecule has 0 bridgehead atoms. The van der Waals surface area contributed by atoms with Crippen LogP contribution in [-0.2, 0) is 6.61 Å². The maximum Gasteiger partial charge on any atom is 0.266 e. The molecule has 0 aliphatic carbocycles. The zero-order valence-electron chi connectivity index (χ0n) is 6.84. The van der Waals surface area contributed by atoms with Crippen molar-refractivity contribution < 1.29 is 13.9 Å². The van der Waals surface area contributed by atoms with Crippen molar-refractivity contribution in [1.82, 2.24) is 4.98 Å². The summed E-state index contributed by atoms with van der Waals surface area (Å²) in [5.41, 5.74) is -0.481. The Balaban J connectivity index is 3.33. The molecule has 0 aliphatic rings. The van der Waals surface area contributed by atoms with Crippen LogP contribution in [0.1, 0.15) is 23.4 Å². The Kier molecular flexibility index (Phi) is 3.71. The molecule has 0 aliphatic heterocycles. The standard InChI is InChI=1S/C8H5F2IN2O/c9-8(10)4-1-5(11)7(3-14)13-6(4)2-12/h1,8,14H,3H2. The second-order valence-corrected chi connectivity index (χ2v) is 3.59. The average Bonchev–Trinajstić information content (AvgIpc) is 2.17. The van der Waals surface area contributed by atoms with E-state index < -0.39 is 12.0 Å². The Hall–Kier alpha value is -0.810. The van der Waals surface area contributed by atoms with Crippen molar-refractivity contribution in [3.05, 3.63) is 26.6 Å². The van der Waals surface area contributed by atoms with E-state index in [0.717, 1.165) is 0 Å². The third-order valence-electron chi connectivity index (χ3n) is 1.57. The van der Waals surface area contributed by atoms with Gasteiger partial charge in [-0.05, 0) is 28.7 Å². The third kappa shape index (κ3) is 2.16. The first-order chi connectivity index (χ1) is 6.60. The number of rotatable bonds is 2. The molecular weight excluding hydrogens is 305 g/mol. The number of pyridine rings is 1. The number of halogens is 3. The summed E-state index contributed by atoms with van der Waals surface area (Å²) in [6.07, 6.45) is -2.72. The van der Waals surface area contributed by atoms with Crippen molar-refractivity contribution in [3.8, 4) is 6.07 Å². The van der Waals surface area contributed by atoms with Crippen LogP contribution >= 0.6 is 22.6 Å². The Morgan fingerprint density at radius 1 is 1.64 bits per heavy atom. The van der Waals surface area contributed by atoms with Crippen molar-refractivity contribution in [3.63, 3.8) is 0 Å². The summed E-state index contributed by atoms with van der Waals surface area (Å²) in [5.74, 6) is 0. The molecule has 6 heteroatoms. The number of aromatic nitrogens is 1. The molecule has 0 unspecified atom stereocenters. The minimum absolute atomic E-state index is 0.242. The fraction of sp³-hybridized carbons (Fsp3) is 0.250. The molecule has 0 spiro atoms. The molecule has 1 aromatic heterocycles. The van der Waals surface area contributed by atoms with Gasteiger partial charge < -0.3 is 5.11 Å². The number of hydrogen-bond donors (Lipinski definition) is 1. The van der Waals surface area contributed by atoms with Crippen LogP contribution in [0, 0.1) is 14.9 Å². The van der Waals surface area contributed by atoms with Crippen LogP contribution in [0.2, 0.25) is 0 Å². The van der Waals surface area contributed by atoms with Gasteiger partial charge in [0.2, 0.25) is 0 Å². The van der Waals surface area contributed by atoms with E-state index in [-0.39, 0.29) is 18.0 Å². The Morgan fingerprint density at radius 2 is 2.29 bits per heavy atom. The summed E-state index contributed by atoms with van der Waals surface area (Å²) >= 11 is 1.79. The van der Waals surface area contributed by atoms with Gasteiger partial charge in [-0.25, -0.2) is 13.8 Å². The molecule has 1 N–H and O–H groups in total. The van der Waals surface area contributed by atoms with E-state index in [2.05, 4.69) is 4.98 Å². The molecule has 1 rings (SSSR count). The average molecular weight is 310 g/mol. The van der Waals surface area contributed by atoms with Gasteiger partial charge >= 0.3 is 0 Å². The number of nitrogens with zero attached hydrogens (tertiary/aromatic N) is 2. The lowest BCUT2D eigenvalue weighted by Gasteiger charge is -2.05. The van der Waals surface area contributed by atoms with Crippen LogP contribution in [0.3, 0.4) is 0 Å². The lowest BCUT2D eigenvalue weighted by molar-refractivity contribution is 0.150. The SMILES string of the molecule is N#Cc1nc(CO)c(I)cc1C(F)F. The van der Waals surface area contributed by atoms with E-state index in [1.807, 2.05) is 0 Å². The summed E-state index contributed by atoms with van der Waals surface area (Å²) in [6.45, 7) is -0.365. The molecule has 0 amide bonds. The molecular formula is C8H5F2IN2O. The van der Waals surface area contributed by atoms with Gasteiger partial charge in [0.25, 0.3) is 6.43 Å². The zero-order chi connectivity index (χ0) is 10.7. The highest BCUT2D eigenvalue weighted by atomic mass is 127. The fourth-order valence-electron chi connectivity index (χ4n) is 0.908. The minimum Gasteiger partial charge on any atom is -0.390 e. The molecule has 74 valence electrons. The first-order valence-corrected chi connectivity index (χ1v) is 4.66. The first-order valence-electron chi connectivity index (χ1n) is 3.58. The Bertz CT molecular complexity index is 390. The van der Waals surface area contributed by atoms with E-state index >= 15 is 0 Å². The summed E-state index contributed by atoms with van der Waals surface area (Å²) in [6, 6.07) is 2.74. The van der Waals surface area contributed by atoms with Crippen LogP contribution in [0.5, 0.6) is 0 Å². The lowest BCUT2D eigenvalue weighted by Crippen LogP contribution is -2.02. The Morgan fingerprint density at radius 3 is 2.71 bits per heavy atom. The maximum atomic E-state index is 12.4. The Labute approximate surface area is 92.5 Å². The van der Waals surface area contributed by atoms with Crippen molar-refractivity contribution in [2.45, 2.75) is 13.0 Å². The molecule has 0 fully saturated rings. The summed E-state index contributed by atoms with van der Waals surface area (Å²) < 4.78 is 25.2. The number of nitriles is 1. The van der Waals surface area contributed by atoms with E-state index in [0.29, 0.717) is 3.57 Å². The van der Waals surface area contributed by atoms with Crippen molar-refractivity contribution >= 4 is 22.6 Å². The third-order valence-corrected chi connectivity index (χ3v) is 2.50. The quantitative estimate of drug-likeness (QED) is 0.850. The van der Waals surface area contributed by atoms with Gasteiger partial charge in [0, 0.05) is 3.57 Å². The smallest absolute Gasteiger partial charge is 0.266 e. The number of aliphatic hydroxyl groups is 1. The monoisotopic (exact) mass is 310 g/mol. The van der Waals surface area contributed by atoms with Crippen molar-refractivity contribution in [2.24, 2.45) is 0 Å². The normalized spacial score (nSPS) is 10.3. The second-order valence-electron chi connectivity index (χ2n) is 2.43. The largest absolute Gasteiger partial charge is 0.390 e. The molecule has 3 nitrogen and oxygen atoms in total. The zero-order valence-corrected chi connectivity index (χ0v) is 8.99. The fourth-order valence-corrected chi connectivity index (χ4v) is 1.53. The molecule has 0 aromatic carbocycles. The number of hydrogen-bond acceptors (Lipinski definition) is 3. The highest BCUT2D eigenvalue weighted by Crippen LogP contribution is 2.24. The topological polar surface area (TPSA) is 56.9 Å². The predicted octanol–water partition coefficient (Wildman–Crippen LogP) is 1.99. The molecule has 0 atom stereocenters. The maximum absolute atomic E-state index is 12.4. The molecule has 0 radical (unpaired) electrons. The molecule has 0 saturated heterocycles. The van der Waals surface area contributed by atoms with E-state index in [1.54, 1.807) is 28.7 Å². The minimum atomic E-state index is -2.72. The second kappa shape index (κ2) is 4.61. The van der Waals surface area contributed by atoms with Crippen LogP contribution in [0.15, 0.2) is 6.07 Å². The lowest BCUT2D eigenvalue weighted by atomic mass is 10.2. The van der Waals surface area contributed by atoms with E-state index in [4.69, 9.17) is 10.4 Å². The van der Waals surface area contributed by atoms with Gasteiger partial charge in [0.15, 0.2) is 0 Å². The first kappa shape index (κ1) is 11.3. The van der Waals surface area contributed by atoms with Crippen LogP contribution < -0.4 is 0 Å². The van der Waals surface area contributed by atoms with E-state index in [1.165, 1.54) is 6.07 Å². The highest BCUT2D eigenvalue weighted by Gasteiger charge is 2.16. The highest BCUT2D eigenvalue weighted by molar-refractivity contribution is 14.1. The van der Waals surface area contributed by atoms with Crippen LogP contribution in [0.4, 0.5) is 8.78 Å².